The largest absolute Gasteiger partial charge is 0.367 e. The number of piperidine rings is 1. The number of amides is 2. The topological polar surface area (TPSA) is 91.4 Å². The molecule has 1 N–H and O–H groups in total. The molecular weight excluding hydrogens is 322 g/mol. The van der Waals surface area contributed by atoms with Crippen LogP contribution in [0.2, 0.25) is 0 Å². The van der Waals surface area contributed by atoms with Gasteiger partial charge < -0.3 is 14.5 Å². The Labute approximate surface area is 147 Å². The third-order valence-electron chi connectivity index (χ3n) is 4.87. The van der Waals surface area contributed by atoms with E-state index < -0.39 is 0 Å². The van der Waals surface area contributed by atoms with Crippen molar-refractivity contribution in [3.05, 3.63) is 11.6 Å². The Kier molecular flexibility index (Phi) is 4.81. The molecule has 138 valence electrons. The lowest BCUT2D eigenvalue weighted by atomic mass is 9.94. The molecule has 1 aromatic heterocycles. The summed E-state index contributed by atoms with van der Waals surface area (Å²) in [6.07, 6.45) is 0.719. The highest BCUT2D eigenvalue weighted by Gasteiger charge is 2.35. The molecule has 0 saturated carbocycles. The molecule has 0 spiro atoms. The van der Waals surface area contributed by atoms with Gasteiger partial charge in [0.15, 0.2) is 11.6 Å². The van der Waals surface area contributed by atoms with E-state index in [-0.39, 0.29) is 29.3 Å². The van der Waals surface area contributed by atoms with E-state index in [1.165, 1.54) is 0 Å². The first-order chi connectivity index (χ1) is 11.8. The van der Waals surface area contributed by atoms with Crippen LogP contribution < -0.4 is 0 Å². The molecule has 2 fully saturated rings. The molecule has 0 aliphatic carbocycles. The molecule has 2 aliphatic rings. The van der Waals surface area contributed by atoms with Crippen LogP contribution >= 0.6 is 0 Å². The van der Waals surface area contributed by atoms with Gasteiger partial charge in [-0.15, -0.1) is 0 Å². The van der Waals surface area contributed by atoms with E-state index in [2.05, 4.69) is 36.0 Å². The van der Waals surface area contributed by atoms with Crippen LogP contribution in [0.1, 0.15) is 51.4 Å². The maximum absolute atomic E-state index is 12.8. The van der Waals surface area contributed by atoms with Crippen LogP contribution in [0, 0.1) is 5.92 Å². The Balaban J connectivity index is 1.66. The number of H-pyrrole nitrogens is 1. The van der Waals surface area contributed by atoms with Gasteiger partial charge in [-0.3, -0.25) is 14.7 Å². The molecule has 8 nitrogen and oxygen atoms in total. The fraction of sp³-hybridized carbons (Fsp3) is 0.765. The predicted octanol–water partition coefficient (Wildman–Crippen LogP) is 0.871. The van der Waals surface area contributed by atoms with Crippen molar-refractivity contribution in [2.75, 3.05) is 33.3 Å². The summed E-state index contributed by atoms with van der Waals surface area (Å²) in [5.74, 6) is 1.25. The van der Waals surface area contributed by atoms with Crippen LogP contribution in [0.3, 0.4) is 0 Å². The van der Waals surface area contributed by atoms with Crippen molar-refractivity contribution in [1.29, 1.82) is 0 Å². The average molecular weight is 349 g/mol. The van der Waals surface area contributed by atoms with Crippen LogP contribution in [-0.2, 0) is 19.7 Å². The second-order valence-electron chi connectivity index (χ2n) is 7.94. The molecule has 1 aromatic rings. The van der Waals surface area contributed by atoms with E-state index in [0.29, 0.717) is 38.5 Å². The first-order valence-electron chi connectivity index (χ1n) is 8.83. The summed E-state index contributed by atoms with van der Waals surface area (Å²) in [4.78, 5) is 32.7. The highest BCUT2D eigenvalue weighted by atomic mass is 16.5. The lowest BCUT2D eigenvalue weighted by molar-refractivity contribution is -0.149. The monoisotopic (exact) mass is 349 g/mol. The number of morpholine rings is 1. The quantitative estimate of drug-likeness (QED) is 0.855. The second-order valence-corrected chi connectivity index (χ2v) is 7.94. The van der Waals surface area contributed by atoms with Gasteiger partial charge in [0, 0.05) is 37.9 Å². The molecule has 0 bridgehead atoms. The van der Waals surface area contributed by atoms with Gasteiger partial charge in [0.2, 0.25) is 11.8 Å². The summed E-state index contributed by atoms with van der Waals surface area (Å²) in [7, 11) is 1.78. The van der Waals surface area contributed by atoms with Crippen molar-refractivity contribution in [3.8, 4) is 0 Å². The van der Waals surface area contributed by atoms with Crippen molar-refractivity contribution in [2.24, 2.45) is 5.92 Å². The van der Waals surface area contributed by atoms with Gasteiger partial charge in [0.1, 0.15) is 6.10 Å². The lowest BCUT2D eigenvalue weighted by Crippen LogP contribution is -2.48. The number of carbonyl (C=O) groups excluding carboxylic acids is 2. The molecule has 8 heteroatoms. The SMILES string of the molecule is CN1CC[C@@H](C(=O)N2CCO[C@@H](c3nc(C(C)(C)C)n[nH]3)C2)CC1=O. The summed E-state index contributed by atoms with van der Waals surface area (Å²) >= 11 is 0. The van der Waals surface area contributed by atoms with Gasteiger partial charge in [-0.2, -0.15) is 5.10 Å². The number of nitrogens with zero attached hydrogens (tertiary/aromatic N) is 4. The minimum absolute atomic E-state index is 0.0412. The minimum Gasteiger partial charge on any atom is -0.367 e. The summed E-state index contributed by atoms with van der Waals surface area (Å²) < 4.78 is 5.79. The molecule has 3 rings (SSSR count). The van der Waals surface area contributed by atoms with E-state index in [4.69, 9.17) is 4.74 Å². The van der Waals surface area contributed by atoms with Crippen molar-refractivity contribution in [1.82, 2.24) is 25.0 Å². The fourth-order valence-corrected chi connectivity index (χ4v) is 3.18. The number of ether oxygens (including phenoxy) is 1. The van der Waals surface area contributed by atoms with Crippen LogP contribution in [0.5, 0.6) is 0 Å². The Bertz CT molecular complexity index is 651. The number of likely N-dealkylation sites (tertiary alicyclic amines) is 1. The van der Waals surface area contributed by atoms with Crippen LogP contribution in [0.25, 0.3) is 0 Å². The summed E-state index contributed by atoms with van der Waals surface area (Å²) in [6.45, 7) is 8.24. The smallest absolute Gasteiger partial charge is 0.226 e. The Hall–Kier alpha value is -1.96. The zero-order valence-corrected chi connectivity index (χ0v) is 15.4. The zero-order valence-electron chi connectivity index (χ0n) is 15.4. The zero-order chi connectivity index (χ0) is 18.2. The van der Waals surface area contributed by atoms with E-state index >= 15 is 0 Å². The van der Waals surface area contributed by atoms with Gasteiger partial charge in [-0.25, -0.2) is 4.98 Å². The number of hydrogen-bond acceptors (Lipinski definition) is 5. The highest BCUT2D eigenvalue weighted by Crippen LogP contribution is 2.26. The number of rotatable bonds is 2. The van der Waals surface area contributed by atoms with Crippen LogP contribution in [-0.4, -0.2) is 70.1 Å². The van der Waals surface area contributed by atoms with E-state index in [1.807, 2.05) is 0 Å². The molecule has 0 aromatic carbocycles. The third-order valence-corrected chi connectivity index (χ3v) is 4.87. The van der Waals surface area contributed by atoms with Crippen molar-refractivity contribution < 1.29 is 14.3 Å². The number of carbonyl (C=O) groups is 2. The molecule has 2 aliphatic heterocycles. The van der Waals surface area contributed by atoms with Gasteiger partial charge >= 0.3 is 0 Å². The van der Waals surface area contributed by atoms with Gasteiger partial charge in [-0.05, 0) is 6.42 Å². The minimum atomic E-state index is -0.303. The fourth-order valence-electron chi connectivity index (χ4n) is 3.18. The molecule has 25 heavy (non-hydrogen) atoms. The third kappa shape index (κ3) is 3.84. The number of aromatic amines is 1. The van der Waals surface area contributed by atoms with Crippen LogP contribution in [0.15, 0.2) is 0 Å². The van der Waals surface area contributed by atoms with Crippen LogP contribution in [0.4, 0.5) is 0 Å². The number of hydrogen-bond donors (Lipinski definition) is 1. The van der Waals surface area contributed by atoms with E-state index in [0.717, 1.165) is 12.2 Å². The molecule has 2 atom stereocenters. The average Bonchev–Trinajstić information content (AvgIpc) is 3.07. The first-order valence-corrected chi connectivity index (χ1v) is 8.83. The van der Waals surface area contributed by atoms with E-state index in [1.54, 1.807) is 16.8 Å². The maximum Gasteiger partial charge on any atom is 0.226 e. The predicted molar refractivity (Wildman–Crippen MR) is 90.7 cm³/mol. The molecule has 2 saturated heterocycles. The normalized spacial score (nSPS) is 25.4. The summed E-state index contributed by atoms with van der Waals surface area (Å²) in [6, 6.07) is 0. The van der Waals surface area contributed by atoms with Crippen molar-refractivity contribution in [3.63, 3.8) is 0 Å². The molecule has 2 amide bonds. The number of nitrogens with one attached hydrogen (secondary N) is 1. The molecule has 0 unspecified atom stereocenters. The standard InChI is InChI=1S/C17H27N5O3/c1-17(2,3)16-18-14(19-20-16)12-10-22(7-8-25-12)15(24)11-5-6-21(4)13(23)9-11/h11-12H,5-10H2,1-4H3,(H,18,19,20)/t11-,12-/m1/s1. The first kappa shape index (κ1) is 17.8. The summed E-state index contributed by atoms with van der Waals surface area (Å²) in [5.41, 5.74) is -0.145. The highest BCUT2D eigenvalue weighted by molar-refractivity contribution is 5.87. The van der Waals surface area contributed by atoms with Crippen molar-refractivity contribution >= 4 is 11.8 Å². The molecular formula is C17H27N5O3. The van der Waals surface area contributed by atoms with Gasteiger partial charge in [0.05, 0.1) is 13.2 Å². The number of aromatic nitrogens is 3. The van der Waals surface area contributed by atoms with E-state index in [9.17, 15) is 9.59 Å². The van der Waals surface area contributed by atoms with Gasteiger partial charge in [-0.1, -0.05) is 20.8 Å². The maximum atomic E-state index is 12.8. The Morgan fingerprint density at radius 2 is 2.08 bits per heavy atom. The Morgan fingerprint density at radius 3 is 2.72 bits per heavy atom. The lowest BCUT2D eigenvalue weighted by Gasteiger charge is -2.36. The second kappa shape index (κ2) is 6.74. The Morgan fingerprint density at radius 1 is 1.32 bits per heavy atom. The summed E-state index contributed by atoms with van der Waals surface area (Å²) in [5, 5.41) is 7.22. The molecule has 0 radical (unpaired) electrons. The van der Waals surface area contributed by atoms with Gasteiger partial charge in [0.25, 0.3) is 0 Å². The van der Waals surface area contributed by atoms with Crippen molar-refractivity contribution in [2.45, 2.75) is 45.1 Å². The molecule has 3 heterocycles.